The lowest BCUT2D eigenvalue weighted by Crippen LogP contribution is -2.39. The second-order valence-corrected chi connectivity index (χ2v) is 6.75. The summed E-state index contributed by atoms with van der Waals surface area (Å²) in [6.07, 6.45) is 7.22. The molecule has 24 heavy (non-hydrogen) atoms. The molecule has 1 amide bonds. The molecule has 0 radical (unpaired) electrons. The first kappa shape index (κ1) is 17.0. The molecule has 128 valence electrons. The van der Waals surface area contributed by atoms with Crippen molar-refractivity contribution in [2.75, 3.05) is 13.1 Å². The van der Waals surface area contributed by atoms with Crippen LogP contribution in [-0.2, 0) is 23.6 Å². The molecule has 1 fully saturated rings. The number of benzene rings is 1. The lowest BCUT2D eigenvalue weighted by atomic mass is 9.96. The van der Waals surface area contributed by atoms with E-state index in [4.69, 9.17) is 11.6 Å². The average molecular weight is 346 g/mol. The molecule has 0 saturated carbocycles. The number of likely N-dealkylation sites (tertiary alicyclic amines) is 1. The Kier molecular flexibility index (Phi) is 5.91. The fourth-order valence-electron chi connectivity index (χ4n) is 3.32. The van der Waals surface area contributed by atoms with Gasteiger partial charge in [-0.15, -0.1) is 11.6 Å². The van der Waals surface area contributed by atoms with Crippen LogP contribution in [0.2, 0.25) is 0 Å². The van der Waals surface area contributed by atoms with E-state index in [9.17, 15) is 4.79 Å². The van der Waals surface area contributed by atoms with Gasteiger partial charge in [-0.1, -0.05) is 30.3 Å². The van der Waals surface area contributed by atoms with Crippen molar-refractivity contribution in [2.45, 2.75) is 38.1 Å². The zero-order chi connectivity index (χ0) is 16.8. The van der Waals surface area contributed by atoms with Crippen LogP contribution >= 0.6 is 11.6 Å². The van der Waals surface area contributed by atoms with Gasteiger partial charge >= 0.3 is 0 Å². The molecule has 0 N–H and O–H groups in total. The number of piperidine rings is 1. The van der Waals surface area contributed by atoms with Gasteiger partial charge in [0, 0.05) is 32.3 Å². The van der Waals surface area contributed by atoms with Crippen molar-refractivity contribution >= 4 is 17.5 Å². The third-order valence-electron chi connectivity index (χ3n) is 4.83. The van der Waals surface area contributed by atoms with Crippen molar-refractivity contribution in [3.05, 3.63) is 54.1 Å². The van der Waals surface area contributed by atoms with E-state index in [0.717, 1.165) is 44.6 Å². The molecule has 1 aromatic carbocycles. The van der Waals surface area contributed by atoms with E-state index in [1.165, 1.54) is 5.56 Å². The molecule has 2 heterocycles. The predicted molar refractivity (Wildman–Crippen MR) is 95.9 cm³/mol. The zero-order valence-electron chi connectivity index (χ0n) is 13.9. The maximum Gasteiger partial charge on any atom is 0.222 e. The van der Waals surface area contributed by atoms with Crippen molar-refractivity contribution in [1.82, 2.24) is 14.5 Å². The van der Waals surface area contributed by atoms with Crippen LogP contribution in [0.15, 0.2) is 42.9 Å². The number of carbonyl (C=O) groups is 1. The number of aromatic nitrogens is 2. The Labute approximate surface area is 148 Å². The highest BCUT2D eigenvalue weighted by atomic mass is 35.5. The summed E-state index contributed by atoms with van der Waals surface area (Å²) in [5.41, 5.74) is 2.30. The summed E-state index contributed by atoms with van der Waals surface area (Å²) in [4.78, 5) is 18.6. The van der Waals surface area contributed by atoms with Crippen LogP contribution in [0.5, 0.6) is 0 Å². The quantitative estimate of drug-likeness (QED) is 0.751. The molecule has 0 atom stereocenters. The van der Waals surface area contributed by atoms with E-state index in [1.807, 2.05) is 35.6 Å². The van der Waals surface area contributed by atoms with Crippen LogP contribution in [0, 0.1) is 5.92 Å². The summed E-state index contributed by atoms with van der Waals surface area (Å²) in [5.74, 6) is 1.37. The molecule has 0 aliphatic carbocycles. The Morgan fingerprint density at radius 3 is 2.67 bits per heavy atom. The highest BCUT2D eigenvalue weighted by Gasteiger charge is 2.23. The maximum absolute atomic E-state index is 12.4. The van der Waals surface area contributed by atoms with Gasteiger partial charge in [-0.05, 0) is 30.7 Å². The van der Waals surface area contributed by atoms with Gasteiger partial charge < -0.3 is 9.47 Å². The minimum absolute atomic E-state index is 0.279. The smallest absolute Gasteiger partial charge is 0.222 e. The summed E-state index contributed by atoms with van der Waals surface area (Å²) >= 11 is 5.93. The van der Waals surface area contributed by atoms with E-state index in [1.54, 1.807) is 0 Å². The van der Waals surface area contributed by atoms with Crippen molar-refractivity contribution < 1.29 is 4.79 Å². The van der Waals surface area contributed by atoms with E-state index >= 15 is 0 Å². The minimum Gasteiger partial charge on any atom is -0.343 e. The standard InChI is InChI=1S/C19H24ClN3O/c20-12-18-13-21-15-23(18)14-17-8-10-22(11-9-17)19(24)7-6-16-4-2-1-3-5-16/h1-5,13,15,17H,6-12,14H2. The molecular weight excluding hydrogens is 322 g/mol. The van der Waals surface area contributed by atoms with Crippen LogP contribution in [0.25, 0.3) is 0 Å². The number of rotatable bonds is 6. The van der Waals surface area contributed by atoms with Crippen molar-refractivity contribution in [1.29, 1.82) is 0 Å². The van der Waals surface area contributed by atoms with E-state index in [0.29, 0.717) is 18.2 Å². The summed E-state index contributed by atoms with van der Waals surface area (Å²) in [7, 11) is 0. The fraction of sp³-hybridized carbons (Fsp3) is 0.474. The molecule has 1 aromatic heterocycles. The molecule has 0 unspecified atom stereocenters. The number of alkyl halides is 1. The number of carbonyl (C=O) groups excluding carboxylic acids is 1. The molecular formula is C19H24ClN3O. The van der Waals surface area contributed by atoms with E-state index in [-0.39, 0.29) is 5.91 Å². The molecule has 5 heteroatoms. The van der Waals surface area contributed by atoms with Gasteiger partial charge in [0.25, 0.3) is 0 Å². The van der Waals surface area contributed by atoms with Crippen molar-refractivity contribution in [2.24, 2.45) is 5.92 Å². The summed E-state index contributed by atoms with van der Waals surface area (Å²) in [6, 6.07) is 10.2. The Balaban J connectivity index is 1.43. The van der Waals surface area contributed by atoms with E-state index < -0.39 is 0 Å². The largest absolute Gasteiger partial charge is 0.343 e. The number of hydrogen-bond acceptors (Lipinski definition) is 2. The average Bonchev–Trinajstić information content (AvgIpc) is 3.08. The van der Waals surface area contributed by atoms with E-state index in [2.05, 4.69) is 21.7 Å². The number of aryl methyl sites for hydroxylation is 1. The number of amides is 1. The molecule has 0 bridgehead atoms. The third kappa shape index (κ3) is 4.38. The summed E-state index contributed by atoms with van der Waals surface area (Å²) in [6.45, 7) is 2.68. The molecule has 1 aliphatic heterocycles. The van der Waals surface area contributed by atoms with Crippen LogP contribution in [0.4, 0.5) is 0 Å². The highest BCUT2D eigenvalue weighted by Crippen LogP contribution is 2.21. The Morgan fingerprint density at radius 1 is 1.21 bits per heavy atom. The van der Waals surface area contributed by atoms with Gasteiger partial charge in [-0.3, -0.25) is 4.79 Å². The first-order valence-electron chi connectivity index (χ1n) is 8.63. The van der Waals surface area contributed by atoms with Crippen molar-refractivity contribution in [3.63, 3.8) is 0 Å². The second-order valence-electron chi connectivity index (χ2n) is 6.48. The van der Waals surface area contributed by atoms with Gasteiger partial charge in [0.2, 0.25) is 5.91 Å². The number of imidazole rings is 1. The Bertz CT molecular complexity index is 648. The summed E-state index contributed by atoms with van der Waals surface area (Å²) < 4.78 is 2.14. The van der Waals surface area contributed by atoms with Crippen LogP contribution in [0.3, 0.4) is 0 Å². The van der Waals surface area contributed by atoms with Crippen LogP contribution in [0.1, 0.15) is 30.5 Å². The van der Waals surface area contributed by atoms with Crippen LogP contribution in [-0.4, -0.2) is 33.4 Å². The molecule has 1 saturated heterocycles. The Hall–Kier alpha value is -1.81. The lowest BCUT2D eigenvalue weighted by Gasteiger charge is -2.32. The van der Waals surface area contributed by atoms with Gasteiger partial charge in [0.15, 0.2) is 0 Å². The number of halogens is 1. The monoisotopic (exact) mass is 345 g/mol. The maximum atomic E-state index is 12.4. The highest BCUT2D eigenvalue weighted by molar-refractivity contribution is 6.16. The molecule has 1 aliphatic rings. The molecule has 0 spiro atoms. The van der Waals surface area contributed by atoms with Crippen molar-refractivity contribution in [3.8, 4) is 0 Å². The predicted octanol–water partition coefficient (Wildman–Crippen LogP) is 3.49. The first-order chi connectivity index (χ1) is 11.8. The fourth-order valence-corrected chi connectivity index (χ4v) is 3.54. The zero-order valence-corrected chi connectivity index (χ0v) is 14.7. The number of nitrogens with zero attached hydrogens (tertiary/aromatic N) is 3. The topological polar surface area (TPSA) is 38.1 Å². The molecule has 3 rings (SSSR count). The third-order valence-corrected chi connectivity index (χ3v) is 5.10. The van der Waals surface area contributed by atoms with Gasteiger partial charge in [0.05, 0.1) is 17.9 Å². The molecule has 2 aromatic rings. The molecule has 4 nitrogen and oxygen atoms in total. The Morgan fingerprint density at radius 2 is 1.96 bits per heavy atom. The normalized spacial score (nSPS) is 15.6. The minimum atomic E-state index is 0.279. The SMILES string of the molecule is O=C(CCc1ccccc1)N1CCC(Cn2cncc2CCl)CC1. The second kappa shape index (κ2) is 8.34. The first-order valence-corrected chi connectivity index (χ1v) is 9.16. The lowest BCUT2D eigenvalue weighted by molar-refractivity contribution is -0.132. The van der Waals surface area contributed by atoms with Gasteiger partial charge in [0.1, 0.15) is 0 Å². The van der Waals surface area contributed by atoms with Crippen LogP contribution < -0.4 is 0 Å². The summed E-state index contributed by atoms with van der Waals surface area (Å²) in [5, 5.41) is 0. The number of hydrogen-bond donors (Lipinski definition) is 0. The van der Waals surface area contributed by atoms with Gasteiger partial charge in [-0.25, -0.2) is 4.98 Å². The van der Waals surface area contributed by atoms with Gasteiger partial charge in [-0.2, -0.15) is 0 Å².